The molecule has 0 heterocycles. The number of phenolic OH excluding ortho intramolecular Hbond substituents is 1. The molecule has 0 aliphatic carbocycles. The van der Waals surface area contributed by atoms with Gasteiger partial charge in [0, 0.05) is 11.1 Å². The van der Waals surface area contributed by atoms with Gasteiger partial charge in [-0.3, -0.25) is 0 Å². The highest BCUT2D eigenvalue weighted by Gasteiger charge is 2.07. The molecule has 0 aliphatic heterocycles. The maximum absolute atomic E-state index is 9.69. The van der Waals surface area contributed by atoms with Gasteiger partial charge in [-0.1, -0.05) is 11.6 Å². The summed E-state index contributed by atoms with van der Waals surface area (Å²) in [5, 5.41) is 10.3. The number of aryl methyl sites for hydroxylation is 1. The first-order valence-corrected chi connectivity index (χ1v) is 5.60. The number of benzene rings is 1. The molecular formula is C10H13BrClNO. The summed E-state index contributed by atoms with van der Waals surface area (Å²) in [4.78, 5) is 0. The van der Waals surface area contributed by atoms with Crippen molar-refractivity contribution in [2.75, 3.05) is 0 Å². The van der Waals surface area contributed by atoms with Gasteiger partial charge in [-0.15, -0.1) is 0 Å². The van der Waals surface area contributed by atoms with Crippen LogP contribution in [0.5, 0.6) is 5.75 Å². The van der Waals surface area contributed by atoms with Gasteiger partial charge < -0.3 is 10.8 Å². The third-order valence-electron chi connectivity index (χ3n) is 1.98. The minimum absolute atomic E-state index is 0.132. The molecule has 0 saturated carbocycles. The van der Waals surface area contributed by atoms with Gasteiger partial charge in [0.2, 0.25) is 0 Å². The first-order chi connectivity index (χ1) is 6.50. The van der Waals surface area contributed by atoms with Crippen molar-refractivity contribution in [1.82, 2.24) is 0 Å². The SMILES string of the molecule is C[C@H](N)CCc1cc(Cl)cc(Br)c1O. The Bertz CT molecular complexity index is 328. The maximum Gasteiger partial charge on any atom is 0.133 e. The summed E-state index contributed by atoms with van der Waals surface area (Å²) in [7, 11) is 0. The van der Waals surface area contributed by atoms with Crippen LogP contribution in [0.25, 0.3) is 0 Å². The van der Waals surface area contributed by atoms with Gasteiger partial charge in [0.1, 0.15) is 5.75 Å². The molecule has 0 aliphatic rings. The van der Waals surface area contributed by atoms with Gasteiger partial charge >= 0.3 is 0 Å². The fourth-order valence-corrected chi connectivity index (χ4v) is 2.07. The Hall–Kier alpha value is -0.250. The van der Waals surface area contributed by atoms with Crippen molar-refractivity contribution in [3.05, 3.63) is 27.2 Å². The third kappa shape index (κ3) is 3.15. The number of phenols is 1. The monoisotopic (exact) mass is 277 g/mol. The quantitative estimate of drug-likeness (QED) is 0.892. The van der Waals surface area contributed by atoms with E-state index in [1.807, 2.05) is 6.92 Å². The number of aromatic hydroxyl groups is 1. The number of halogens is 2. The molecule has 0 bridgehead atoms. The molecule has 1 atom stereocenters. The van der Waals surface area contributed by atoms with Crippen LogP contribution in [-0.4, -0.2) is 11.1 Å². The van der Waals surface area contributed by atoms with E-state index in [0.717, 1.165) is 18.4 Å². The van der Waals surface area contributed by atoms with Crippen molar-refractivity contribution in [3.63, 3.8) is 0 Å². The fourth-order valence-electron chi connectivity index (χ4n) is 1.19. The number of nitrogens with two attached hydrogens (primary N) is 1. The highest BCUT2D eigenvalue weighted by molar-refractivity contribution is 9.10. The van der Waals surface area contributed by atoms with Crippen molar-refractivity contribution in [2.24, 2.45) is 5.73 Å². The minimum Gasteiger partial charge on any atom is -0.506 e. The molecule has 4 heteroatoms. The van der Waals surface area contributed by atoms with Gasteiger partial charge in [0.15, 0.2) is 0 Å². The average molecular weight is 279 g/mol. The summed E-state index contributed by atoms with van der Waals surface area (Å²) in [6.07, 6.45) is 1.57. The van der Waals surface area contributed by atoms with E-state index < -0.39 is 0 Å². The van der Waals surface area contributed by atoms with Crippen LogP contribution in [0.15, 0.2) is 16.6 Å². The van der Waals surface area contributed by atoms with Gasteiger partial charge in [0.05, 0.1) is 4.47 Å². The van der Waals surface area contributed by atoms with Crippen LogP contribution in [0.3, 0.4) is 0 Å². The molecule has 0 saturated heterocycles. The second-order valence-corrected chi connectivity index (χ2v) is 4.70. The Morgan fingerprint density at radius 1 is 1.57 bits per heavy atom. The highest BCUT2D eigenvalue weighted by Crippen LogP contribution is 2.32. The number of hydrogen-bond donors (Lipinski definition) is 2. The zero-order chi connectivity index (χ0) is 10.7. The lowest BCUT2D eigenvalue weighted by Gasteiger charge is -2.08. The molecule has 1 rings (SSSR count). The maximum atomic E-state index is 9.69. The summed E-state index contributed by atoms with van der Waals surface area (Å²) >= 11 is 9.10. The second-order valence-electron chi connectivity index (χ2n) is 3.41. The molecule has 0 radical (unpaired) electrons. The normalized spacial score (nSPS) is 12.9. The van der Waals surface area contributed by atoms with Gasteiger partial charge in [-0.05, 0) is 53.4 Å². The average Bonchev–Trinajstić information content (AvgIpc) is 2.08. The van der Waals surface area contributed by atoms with E-state index in [1.54, 1.807) is 12.1 Å². The topological polar surface area (TPSA) is 46.2 Å². The first-order valence-electron chi connectivity index (χ1n) is 4.43. The Morgan fingerprint density at radius 3 is 2.79 bits per heavy atom. The lowest BCUT2D eigenvalue weighted by molar-refractivity contribution is 0.462. The molecule has 3 N–H and O–H groups in total. The Morgan fingerprint density at radius 2 is 2.21 bits per heavy atom. The zero-order valence-corrected chi connectivity index (χ0v) is 10.3. The van der Waals surface area contributed by atoms with Crippen LogP contribution in [0.4, 0.5) is 0 Å². The summed E-state index contributed by atoms with van der Waals surface area (Å²) in [5.74, 6) is 0.259. The Kier molecular flexibility index (Phi) is 4.23. The van der Waals surface area contributed by atoms with Crippen molar-refractivity contribution in [1.29, 1.82) is 0 Å². The minimum atomic E-state index is 0.132. The van der Waals surface area contributed by atoms with E-state index in [0.29, 0.717) is 9.50 Å². The zero-order valence-electron chi connectivity index (χ0n) is 7.93. The van der Waals surface area contributed by atoms with Crippen LogP contribution < -0.4 is 5.73 Å². The Labute approximate surface area is 97.2 Å². The van der Waals surface area contributed by atoms with Crippen LogP contribution >= 0.6 is 27.5 Å². The fraction of sp³-hybridized carbons (Fsp3) is 0.400. The molecule has 0 aromatic heterocycles. The van der Waals surface area contributed by atoms with E-state index in [4.69, 9.17) is 17.3 Å². The van der Waals surface area contributed by atoms with E-state index in [9.17, 15) is 5.11 Å². The molecule has 1 aromatic carbocycles. The van der Waals surface area contributed by atoms with Crippen molar-refractivity contribution >= 4 is 27.5 Å². The van der Waals surface area contributed by atoms with Crippen LogP contribution in [0.2, 0.25) is 5.02 Å². The van der Waals surface area contributed by atoms with Crippen molar-refractivity contribution in [3.8, 4) is 5.75 Å². The van der Waals surface area contributed by atoms with Crippen LogP contribution in [0.1, 0.15) is 18.9 Å². The van der Waals surface area contributed by atoms with Crippen LogP contribution in [0, 0.1) is 0 Å². The largest absolute Gasteiger partial charge is 0.506 e. The van der Waals surface area contributed by atoms with E-state index in [1.165, 1.54) is 0 Å². The second kappa shape index (κ2) is 5.01. The molecule has 2 nitrogen and oxygen atoms in total. The number of rotatable bonds is 3. The predicted molar refractivity (Wildman–Crippen MR) is 62.8 cm³/mol. The summed E-state index contributed by atoms with van der Waals surface area (Å²) in [6, 6.07) is 3.57. The van der Waals surface area contributed by atoms with Crippen LogP contribution in [-0.2, 0) is 6.42 Å². The molecule has 14 heavy (non-hydrogen) atoms. The van der Waals surface area contributed by atoms with Crippen molar-refractivity contribution in [2.45, 2.75) is 25.8 Å². The molecular weight excluding hydrogens is 265 g/mol. The summed E-state index contributed by atoms with van der Waals surface area (Å²) < 4.78 is 0.629. The molecule has 0 unspecified atom stereocenters. The molecule has 0 spiro atoms. The van der Waals surface area contributed by atoms with Gasteiger partial charge in [0.25, 0.3) is 0 Å². The van der Waals surface area contributed by atoms with E-state index in [2.05, 4.69) is 15.9 Å². The molecule has 78 valence electrons. The van der Waals surface area contributed by atoms with Gasteiger partial charge in [-0.2, -0.15) is 0 Å². The van der Waals surface area contributed by atoms with Crippen molar-refractivity contribution < 1.29 is 5.11 Å². The molecule has 1 aromatic rings. The molecule has 0 fully saturated rings. The Balaban J connectivity index is 2.85. The smallest absolute Gasteiger partial charge is 0.133 e. The standard InChI is InChI=1S/C10H13BrClNO/c1-6(13)2-3-7-4-8(12)5-9(11)10(7)14/h4-6,14H,2-3,13H2,1H3/t6-/m0/s1. The predicted octanol–water partition coefficient (Wildman–Crippen LogP) is 3.09. The lowest BCUT2D eigenvalue weighted by atomic mass is 10.1. The third-order valence-corrected chi connectivity index (χ3v) is 2.80. The van der Waals surface area contributed by atoms with E-state index >= 15 is 0 Å². The highest BCUT2D eigenvalue weighted by atomic mass is 79.9. The first kappa shape index (κ1) is 11.8. The summed E-state index contributed by atoms with van der Waals surface area (Å²) in [5.41, 5.74) is 6.47. The number of hydrogen-bond acceptors (Lipinski definition) is 2. The lowest BCUT2D eigenvalue weighted by Crippen LogP contribution is -2.15. The summed E-state index contributed by atoms with van der Waals surface area (Å²) in [6.45, 7) is 1.94. The van der Waals surface area contributed by atoms with E-state index in [-0.39, 0.29) is 11.8 Å². The molecule has 0 amide bonds. The van der Waals surface area contributed by atoms with Gasteiger partial charge in [-0.25, -0.2) is 0 Å².